The van der Waals surface area contributed by atoms with Crippen molar-refractivity contribution in [3.63, 3.8) is 0 Å². The second kappa shape index (κ2) is 5.16. The SMILES string of the molecule is CC(I)N1CCN(c2ccccc2)CC1. The topological polar surface area (TPSA) is 6.48 Å². The van der Waals surface area contributed by atoms with Gasteiger partial charge in [-0.1, -0.05) is 40.8 Å². The number of anilines is 1. The van der Waals surface area contributed by atoms with E-state index in [1.54, 1.807) is 0 Å². The number of piperazine rings is 1. The number of hydrogen-bond acceptors (Lipinski definition) is 2. The maximum atomic E-state index is 2.53. The minimum atomic E-state index is 0.653. The van der Waals surface area contributed by atoms with Crippen LogP contribution in [0.4, 0.5) is 5.69 Å². The summed E-state index contributed by atoms with van der Waals surface area (Å²) in [5.41, 5.74) is 1.36. The molecule has 1 aliphatic heterocycles. The molecule has 1 aliphatic rings. The molecule has 3 heteroatoms. The Kier molecular flexibility index (Phi) is 3.86. The van der Waals surface area contributed by atoms with Gasteiger partial charge in [-0.05, 0) is 19.1 Å². The average molecular weight is 316 g/mol. The van der Waals surface area contributed by atoms with Gasteiger partial charge in [-0.3, -0.25) is 4.90 Å². The van der Waals surface area contributed by atoms with Gasteiger partial charge in [-0.2, -0.15) is 0 Å². The number of para-hydroxylation sites is 1. The molecule has 1 unspecified atom stereocenters. The summed E-state index contributed by atoms with van der Waals surface area (Å²) in [7, 11) is 0. The van der Waals surface area contributed by atoms with Crippen molar-refractivity contribution in [2.75, 3.05) is 31.1 Å². The number of rotatable bonds is 2. The van der Waals surface area contributed by atoms with Crippen molar-refractivity contribution in [3.8, 4) is 0 Å². The monoisotopic (exact) mass is 316 g/mol. The summed E-state index contributed by atoms with van der Waals surface area (Å²) < 4.78 is 0.653. The van der Waals surface area contributed by atoms with Crippen LogP contribution in [0.2, 0.25) is 0 Å². The molecule has 1 saturated heterocycles. The smallest absolute Gasteiger partial charge is 0.0591 e. The summed E-state index contributed by atoms with van der Waals surface area (Å²) in [6.45, 7) is 6.92. The van der Waals surface area contributed by atoms with Crippen molar-refractivity contribution in [1.82, 2.24) is 4.90 Å². The summed E-state index contributed by atoms with van der Waals surface area (Å²) in [5, 5.41) is 0. The molecule has 82 valence electrons. The molecule has 0 spiro atoms. The van der Waals surface area contributed by atoms with Gasteiger partial charge >= 0.3 is 0 Å². The number of hydrogen-bond donors (Lipinski definition) is 0. The van der Waals surface area contributed by atoms with E-state index in [2.05, 4.69) is 69.6 Å². The third-order valence-electron chi connectivity index (χ3n) is 2.94. The lowest BCUT2D eigenvalue weighted by Crippen LogP contribution is -2.48. The number of nitrogens with zero attached hydrogens (tertiary/aromatic N) is 2. The molecule has 2 rings (SSSR count). The lowest BCUT2D eigenvalue weighted by molar-refractivity contribution is 0.260. The Labute approximate surface area is 105 Å². The molecule has 2 nitrogen and oxygen atoms in total. The van der Waals surface area contributed by atoms with Crippen LogP contribution in [0.15, 0.2) is 30.3 Å². The van der Waals surface area contributed by atoms with Gasteiger partial charge in [0.1, 0.15) is 0 Å². The fraction of sp³-hybridized carbons (Fsp3) is 0.500. The number of alkyl halides is 1. The zero-order chi connectivity index (χ0) is 10.7. The zero-order valence-corrected chi connectivity index (χ0v) is 11.2. The van der Waals surface area contributed by atoms with Crippen molar-refractivity contribution in [1.29, 1.82) is 0 Å². The Bertz CT molecular complexity index is 292. The fourth-order valence-electron chi connectivity index (χ4n) is 1.97. The Balaban J connectivity index is 1.94. The summed E-state index contributed by atoms with van der Waals surface area (Å²) >= 11 is 2.49. The van der Waals surface area contributed by atoms with E-state index in [1.165, 1.54) is 18.8 Å². The Morgan fingerprint density at radius 2 is 1.67 bits per heavy atom. The maximum absolute atomic E-state index is 2.53. The van der Waals surface area contributed by atoms with Gasteiger partial charge in [-0.15, -0.1) is 0 Å². The lowest BCUT2D eigenvalue weighted by atomic mass is 10.2. The van der Waals surface area contributed by atoms with Crippen molar-refractivity contribution in [2.24, 2.45) is 0 Å². The first-order chi connectivity index (χ1) is 7.27. The van der Waals surface area contributed by atoms with Crippen LogP contribution in [0.3, 0.4) is 0 Å². The average Bonchev–Trinajstić information content (AvgIpc) is 2.30. The van der Waals surface area contributed by atoms with Crippen molar-refractivity contribution in [3.05, 3.63) is 30.3 Å². The van der Waals surface area contributed by atoms with Crippen LogP contribution in [0.5, 0.6) is 0 Å². The van der Waals surface area contributed by atoms with Gasteiger partial charge in [0.15, 0.2) is 0 Å². The molecule has 1 aromatic carbocycles. The molecule has 0 radical (unpaired) electrons. The molecule has 1 atom stereocenters. The van der Waals surface area contributed by atoms with E-state index in [0.29, 0.717) is 4.05 Å². The van der Waals surface area contributed by atoms with Crippen LogP contribution >= 0.6 is 22.6 Å². The molecule has 15 heavy (non-hydrogen) atoms. The quantitative estimate of drug-likeness (QED) is 0.470. The van der Waals surface area contributed by atoms with Crippen molar-refractivity contribution < 1.29 is 0 Å². The van der Waals surface area contributed by atoms with E-state index in [0.717, 1.165) is 13.1 Å². The number of halogens is 1. The predicted molar refractivity (Wildman–Crippen MR) is 73.7 cm³/mol. The normalized spacial score (nSPS) is 20.3. The molecule has 1 fully saturated rings. The van der Waals surface area contributed by atoms with Gasteiger partial charge in [0.2, 0.25) is 0 Å². The Hall–Kier alpha value is -0.290. The third kappa shape index (κ3) is 2.84. The van der Waals surface area contributed by atoms with E-state index in [4.69, 9.17) is 0 Å². The molecule has 1 aromatic rings. The minimum Gasteiger partial charge on any atom is -0.369 e. The fourth-order valence-corrected chi connectivity index (χ4v) is 2.53. The van der Waals surface area contributed by atoms with Gasteiger partial charge in [0, 0.05) is 31.9 Å². The summed E-state index contributed by atoms with van der Waals surface area (Å²) in [4.78, 5) is 5.00. The molecule has 0 N–H and O–H groups in total. The molecule has 0 aromatic heterocycles. The van der Waals surface area contributed by atoms with Crippen LogP contribution in [-0.2, 0) is 0 Å². The first kappa shape index (κ1) is 11.2. The van der Waals surface area contributed by atoms with E-state index >= 15 is 0 Å². The Morgan fingerprint density at radius 3 is 2.20 bits per heavy atom. The molecular formula is C12H17IN2. The highest BCUT2D eigenvalue weighted by atomic mass is 127. The molecular weight excluding hydrogens is 299 g/mol. The van der Waals surface area contributed by atoms with Crippen LogP contribution in [0.1, 0.15) is 6.92 Å². The van der Waals surface area contributed by atoms with Crippen LogP contribution in [0, 0.1) is 0 Å². The molecule has 0 aliphatic carbocycles. The third-order valence-corrected chi connectivity index (χ3v) is 3.73. The lowest BCUT2D eigenvalue weighted by Gasteiger charge is -2.37. The molecule has 0 saturated carbocycles. The highest BCUT2D eigenvalue weighted by Crippen LogP contribution is 2.17. The minimum absolute atomic E-state index is 0.653. The van der Waals surface area contributed by atoms with E-state index in [9.17, 15) is 0 Å². The maximum Gasteiger partial charge on any atom is 0.0591 e. The van der Waals surface area contributed by atoms with Crippen molar-refractivity contribution in [2.45, 2.75) is 11.0 Å². The second-order valence-electron chi connectivity index (χ2n) is 3.93. The zero-order valence-electron chi connectivity index (χ0n) is 9.06. The summed E-state index contributed by atoms with van der Waals surface area (Å²) in [6, 6.07) is 10.7. The van der Waals surface area contributed by atoms with E-state index in [-0.39, 0.29) is 0 Å². The second-order valence-corrected chi connectivity index (χ2v) is 5.74. The molecule has 0 amide bonds. The first-order valence-corrected chi connectivity index (χ1v) is 6.70. The van der Waals surface area contributed by atoms with Gasteiger partial charge in [-0.25, -0.2) is 0 Å². The highest BCUT2D eigenvalue weighted by molar-refractivity contribution is 14.1. The van der Waals surface area contributed by atoms with Gasteiger partial charge in [0.05, 0.1) is 4.05 Å². The molecule has 1 heterocycles. The van der Waals surface area contributed by atoms with E-state index in [1.807, 2.05) is 0 Å². The van der Waals surface area contributed by atoms with Gasteiger partial charge < -0.3 is 4.90 Å². The summed E-state index contributed by atoms with van der Waals surface area (Å²) in [6.07, 6.45) is 0. The molecule has 0 bridgehead atoms. The predicted octanol–water partition coefficient (Wildman–Crippen LogP) is 2.59. The first-order valence-electron chi connectivity index (χ1n) is 5.45. The standard InChI is InChI=1S/C12H17IN2/c1-11(13)14-7-9-15(10-8-14)12-5-3-2-4-6-12/h2-6,11H,7-10H2,1H3. The van der Waals surface area contributed by atoms with Crippen molar-refractivity contribution >= 4 is 28.3 Å². The van der Waals surface area contributed by atoms with Crippen LogP contribution in [-0.4, -0.2) is 35.1 Å². The largest absolute Gasteiger partial charge is 0.369 e. The van der Waals surface area contributed by atoms with E-state index < -0.39 is 0 Å². The van der Waals surface area contributed by atoms with Crippen LogP contribution in [0.25, 0.3) is 0 Å². The summed E-state index contributed by atoms with van der Waals surface area (Å²) in [5.74, 6) is 0. The Morgan fingerprint density at radius 1 is 1.07 bits per heavy atom. The van der Waals surface area contributed by atoms with Crippen LogP contribution < -0.4 is 4.90 Å². The number of benzene rings is 1. The van der Waals surface area contributed by atoms with Gasteiger partial charge in [0.25, 0.3) is 0 Å². The highest BCUT2D eigenvalue weighted by Gasteiger charge is 2.19.